The minimum absolute atomic E-state index is 0.197. The van der Waals surface area contributed by atoms with E-state index in [0.29, 0.717) is 5.88 Å². The molecule has 3 heteroatoms. The Labute approximate surface area is 95.6 Å². The molecule has 0 atom stereocenters. The lowest BCUT2D eigenvalue weighted by molar-refractivity contribution is 0.405. The SMILES string of the molecule is COc1ccccc1CNC1(CCl)CC1. The van der Waals surface area contributed by atoms with Crippen LogP contribution < -0.4 is 10.1 Å². The third kappa shape index (κ3) is 2.44. The van der Waals surface area contributed by atoms with Gasteiger partial charge in [0, 0.05) is 23.5 Å². The number of para-hydroxylation sites is 1. The van der Waals surface area contributed by atoms with Crippen LogP contribution in [0.1, 0.15) is 18.4 Å². The van der Waals surface area contributed by atoms with E-state index in [-0.39, 0.29) is 5.54 Å². The summed E-state index contributed by atoms with van der Waals surface area (Å²) in [6, 6.07) is 8.07. The molecule has 0 spiro atoms. The van der Waals surface area contributed by atoms with Crippen molar-refractivity contribution in [3.63, 3.8) is 0 Å². The highest BCUT2D eigenvalue weighted by Gasteiger charge is 2.41. The van der Waals surface area contributed by atoms with E-state index in [0.717, 1.165) is 12.3 Å². The third-order valence-electron chi connectivity index (χ3n) is 2.96. The Kier molecular flexibility index (Phi) is 3.17. The molecule has 0 unspecified atom stereocenters. The van der Waals surface area contributed by atoms with Crippen LogP contribution in [0.25, 0.3) is 0 Å². The predicted molar refractivity (Wildman–Crippen MR) is 62.5 cm³/mol. The van der Waals surface area contributed by atoms with Crippen LogP contribution in [0.4, 0.5) is 0 Å². The number of alkyl halides is 1. The summed E-state index contributed by atoms with van der Waals surface area (Å²) in [6.45, 7) is 0.830. The van der Waals surface area contributed by atoms with Crippen molar-refractivity contribution in [1.82, 2.24) is 5.32 Å². The molecule has 0 heterocycles. The zero-order valence-corrected chi connectivity index (χ0v) is 9.68. The van der Waals surface area contributed by atoms with Crippen LogP contribution in [0.15, 0.2) is 24.3 Å². The predicted octanol–water partition coefficient (Wildman–Crippen LogP) is 2.56. The smallest absolute Gasteiger partial charge is 0.123 e. The van der Waals surface area contributed by atoms with E-state index >= 15 is 0 Å². The number of halogens is 1. The Morgan fingerprint density at radius 1 is 1.40 bits per heavy atom. The summed E-state index contributed by atoms with van der Waals surface area (Å²) >= 11 is 5.90. The molecule has 1 N–H and O–H groups in total. The average molecular weight is 226 g/mol. The molecule has 0 amide bonds. The van der Waals surface area contributed by atoms with Gasteiger partial charge < -0.3 is 10.1 Å². The maximum atomic E-state index is 5.90. The molecule has 0 aliphatic heterocycles. The number of hydrogen-bond acceptors (Lipinski definition) is 2. The van der Waals surface area contributed by atoms with Crippen LogP contribution >= 0.6 is 11.6 Å². The first kappa shape index (κ1) is 10.8. The standard InChI is InChI=1S/C12H16ClNO/c1-15-11-5-3-2-4-10(11)8-14-12(9-13)6-7-12/h2-5,14H,6-9H2,1H3. The maximum absolute atomic E-state index is 5.90. The molecule has 1 aliphatic carbocycles. The van der Waals surface area contributed by atoms with Crippen molar-refractivity contribution in [3.05, 3.63) is 29.8 Å². The second-order valence-corrected chi connectivity index (χ2v) is 4.35. The van der Waals surface area contributed by atoms with Gasteiger partial charge in [-0.15, -0.1) is 11.6 Å². The zero-order valence-electron chi connectivity index (χ0n) is 8.92. The molecule has 82 valence electrons. The van der Waals surface area contributed by atoms with Crippen LogP contribution in [-0.2, 0) is 6.54 Å². The highest BCUT2D eigenvalue weighted by atomic mass is 35.5. The molecule has 0 radical (unpaired) electrons. The van der Waals surface area contributed by atoms with Crippen molar-refractivity contribution in [2.75, 3.05) is 13.0 Å². The normalized spacial score (nSPS) is 17.5. The number of rotatable bonds is 5. The van der Waals surface area contributed by atoms with Gasteiger partial charge in [0.1, 0.15) is 5.75 Å². The third-order valence-corrected chi connectivity index (χ3v) is 3.47. The molecule has 1 aliphatic rings. The van der Waals surface area contributed by atoms with E-state index in [9.17, 15) is 0 Å². The number of ether oxygens (including phenoxy) is 1. The minimum atomic E-state index is 0.197. The van der Waals surface area contributed by atoms with Gasteiger partial charge in [-0.05, 0) is 18.9 Å². The monoisotopic (exact) mass is 225 g/mol. The topological polar surface area (TPSA) is 21.3 Å². The lowest BCUT2D eigenvalue weighted by Crippen LogP contribution is -2.32. The first-order chi connectivity index (χ1) is 7.29. The number of hydrogen-bond donors (Lipinski definition) is 1. The summed E-state index contributed by atoms with van der Waals surface area (Å²) in [5, 5.41) is 3.50. The van der Waals surface area contributed by atoms with Gasteiger partial charge >= 0.3 is 0 Å². The van der Waals surface area contributed by atoms with Crippen LogP contribution in [0.3, 0.4) is 0 Å². The average Bonchev–Trinajstić information content (AvgIpc) is 3.07. The number of nitrogens with one attached hydrogen (secondary N) is 1. The molecule has 0 saturated heterocycles. The van der Waals surface area contributed by atoms with Gasteiger partial charge in [-0.2, -0.15) is 0 Å². The van der Waals surface area contributed by atoms with Gasteiger partial charge in [-0.1, -0.05) is 18.2 Å². The molecule has 15 heavy (non-hydrogen) atoms. The van der Waals surface area contributed by atoms with E-state index < -0.39 is 0 Å². The first-order valence-corrected chi connectivity index (χ1v) is 5.76. The summed E-state index contributed by atoms with van der Waals surface area (Å²) in [6.07, 6.45) is 2.37. The molecular formula is C12H16ClNO. The lowest BCUT2D eigenvalue weighted by atomic mass is 10.2. The van der Waals surface area contributed by atoms with E-state index in [1.165, 1.54) is 18.4 Å². The quantitative estimate of drug-likeness (QED) is 0.778. The summed E-state index contributed by atoms with van der Waals surface area (Å²) in [5.74, 6) is 1.64. The molecule has 1 aromatic carbocycles. The van der Waals surface area contributed by atoms with Crippen molar-refractivity contribution < 1.29 is 4.74 Å². The summed E-state index contributed by atoms with van der Waals surface area (Å²) in [7, 11) is 1.70. The molecule has 2 rings (SSSR count). The lowest BCUT2D eigenvalue weighted by Gasteiger charge is -2.15. The van der Waals surface area contributed by atoms with Crippen LogP contribution in [-0.4, -0.2) is 18.5 Å². The van der Waals surface area contributed by atoms with Crippen molar-refractivity contribution in [2.45, 2.75) is 24.9 Å². The van der Waals surface area contributed by atoms with Crippen molar-refractivity contribution in [2.24, 2.45) is 0 Å². The van der Waals surface area contributed by atoms with Crippen molar-refractivity contribution >= 4 is 11.6 Å². The Morgan fingerprint density at radius 3 is 2.73 bits per heavy atom. The second kappa shape index (κ2) is 4.42. The fourth-order valence-corrected chi connectivity index (χ4v) is 2.00. The second-order valence-electron chi connectivity index (χ2n) is 4.08. The van der Waals surface area contributed by atoms with Gasteiger partial charge in [0.2, 0.25) is 0 Å². The zero-order chi connectivity index (χ0) is 10.7. The Balaban J connectivity index is 1.98. The van der Waals surface area contributed by atoms with Gasteiger partial charge in [0.05, 0.1) is 7.11 Å². The van der Waals surface area contributed by atoms with Gasteiger partial charge in [0.15, 0.2) is 0 Å². The maximum Gasteiger partial charge on any atom is 0.123 e. The van der Waals surface area contributed by atoms with Gasteiger partial charge in [-0.25, -0.2) is 0 Å². The number of benzene rings is 1. The van der Waals surface area contributed by atoms with Gasteiger partial charge in [0.25, 0.3) is 0 Å². The summed E-state index contributed by atoms with van der Waals surface area (Å²) in [4.78, 5) is 0. The molecule has 2 nitrogen and oxygen atoms in total. The van der Waals surface area contributed by atoms with E-state index in [2.05, 4.69) is 11.4 Å². The molecular weight excluding hydrogens is 210 g/mol. The van der Waals surface area contributed by atoms with E-state index in [1.807, 2.05) is 18.2 Å². The minimum Gasteiger partial charge on any atom is -0.496 e. The summed E-state index contributed by atoms with van der Waals surface area (Å²) in [5.41, 5.74) is 1.39. The Morgan fingerprint density at radius 2 is 2.13 bits per heavy atom. The van der Waals surface area contributed by atoms with E-state index in [4.69, 9.17) is 16.3 Å². The summed E-state index contributed by atoms with van der Waals surface area (Å²) < 4.78 is 5.29. The molecule has 1 saturated carbocycles. The van der Waals surface area contributed by atoms with Crippen molar-refractivity contribution in [1.29, 1.82) is 0 Å². The van der Waals surface area contributed by atoms with Crippen LogP contribution in [0.2, 0.25) is 0 Å². The fourth-order valence-electron chi connectivity index (χ4n) is 1.64. The Bertz CT molecular complexity index is 336. The van der Waals surface area contributed by atoms with Crippen LogP contribution in [0.5, 0.6) is 5.75 Å². The van der Waals surface area contributed by atoms with E-state index in [1.54, 1.807) is 7.11 Å². The van der Waals surface area contributed by atoms with Gasteiger partial charge in [-0.3, -0.25) is 0 Å². The fraction of sp³-hybridized carbons (Fsp3) is 0.500. The molecule has 1 aromatic rings. The first-order valence-electron chi connectivity index (χ1n) is 5.22. The number of methoxy groups -OCH3 is 1. The Hall–Kier alpha value is -0.730. The molecule has 0 aromatic heterocycles. The molecule has 1 fully saturated rings. The largest absolute Gasteiger partial charge is 0.496 e. The highest BCUT2D eigenvalue weighted by molar-refractivity contribution is 6.18. The van der Waals surface area contributed by atoms with Crippen LogP contribution in [0, 0.1) is 0 Å². The van der Waals surface area contributed by atoms with Crippen molar-refractivity contribution in [3.8, 4) is 5.75 Å². The highest BCUT2D eigenvalue weighted by Crippen LogP contribution is 2.36. The molecule has 0 bridgehead atoms.